The molecule has 0 unspecified atom stereocenters. The summed E-state index contributed by atoms with van der Waals surface area (Å²) in [7, 11) is 0. The standard InChI is InChI=1S/C27H27N7O/c28-12-10-22-14-20(11-13-30-22)24-17-32-27(29)26(33-24)25-15-23(34-35-25)19-8-6-18(7-9-19)16-31-21-4-2-1-3-5-21/h6-9,11,13-15,17,21,31H,1-5,10,16H2,(H2,29,32). The van der Waals surface area contributed by atoms with Gasteiger partial charge >= 0.3 is 0 Å². The molecule has 1 saturated carbocycles. The van der Waals surface area contributed by atoms with Gasteiger partial charge < -0.3 is 15.6 Å². The molecule has 1 fully saturated rings. The van der Waals surface area contributed by atoms with E-state index in [1.54, 1.807) is 12.4 Å². The van der Waals surface area contributed by atoms with E-state index in [9.17, 15) is 0 Å². The van der Waals surface area contributed by atoms with E-state index >= 15 is 0 Å². The first-order chi connectivity index (χ1) is 17.2. The molecule has 1 aliphatic rings. The number of hydrogen-bond acceptors (Lipinski definition) is 8. The SMILES string of the molecule is N#CCc1cc(-c2cnc(N)c(-c3cc(-c4ccc(CNC5CCCCC5)cc4)no3)n2)ccn1. The van der Waals surface area contributed by atoms with Crippen molar-refractivity contribution in [1.29, 1.82) is 5.26 Å². The highest BCUT2D eigenvalue weighted by Crippen LogP contribution is 2.30. The summed E-state index contributed by atoms with van der Waals surface area (Å²) < 4.78 is 5.60. The van der Waals surface area contributed by atoms with Crippen LogP contribution in [0.3, 0.4) is 0 Å². The third-order valence-electron chi connectivity index (χ3n) is 6.37. The third kappa shape index (κ3) is 5.36. The van der Waals surface area contributed by atoms with Crippen molar-refractivity contribution in [3.8, 4) is 40.0 Å². The molecule has 0 aliphatic heterocycles. The van der Waals surface area contributed by atoms with Crippen LogP contribution in [-0.2, 0) is 13.0 Å². The number of nitrogens with two attached hydrogens (primary N) is 1. The summed E-state index contributed by atoms with van der Waals surface area (Å²) in [5.41, 5.74) is 11.5. The molecular weight excluding hydrogens is 438 g/mol. The van der Waals surface area contributed by atoms with Gasteiger partial charge in [0.15, 0.2) is 17.3 Å². The summed E-state index contributed by atoms with van der Waals surface area (Å²) in [5, 5.41) is 16.9. The number of nitriles is 1. The quantitative estimate of drug-likeness (QED) is 0.393. The Kier molecular flexibility index (Phi) is 6.77. The van der Waals surface area contributed by atoms with E-state index in [2.05, 4.69) is 55.8 Å². The van der Waals surface area contributed by atoms with Crippen LogP contribution in [0.2, 0.25) is 0 Å². The van der Waals surface area contributed by atoms with Gasteiger partial charge in [-0.05, 0) is 30.5 Å². The maximum atomic E-state index is 8.95. The Hall–Kier alpha value is -4.09. The Labute approximate surface area is 204 Å². The number of anilines is 1. The Bertz CT molecular complexity index is 1330. The highest BCUT2D eigenvalue weighted by Gasteiger charge is 2.16. The maximum Gasteiger partial charge on any atom is 0.189 e. The largest absolute Gasteiger partial charge is 0.382 e. The first kappa shape index (κ1) is 22.7. The summed E-state index contributed by atoms with van der Waals surface area (Å²) in [6.07, 6.45) is 10.0. The highest BCUT2D eigenvalue weighted by molar-refractivity contribution is 5.73. The fourth-order valence-corrected chi connectivity index (χ4v) is 4.42. The minimum absolute atomic E-state index is 0.226. The van der Waals surface area contributed by atoms with E-state index < -0.39 is 0 Å². The third-order valence-corrected chi connectivity index (χ3v) is 6.37. The van der Waals surface area contributed by atoms with Crippen LogP contribution in [0.1, 0.15) is 43.4 Å². The van der Waals surface area contributed by atoms with Crippen molar-refractivity contribution >= 4 is 5.82 Å². The van der Waals surface area contributed by atoms with Gasteiger partial charge in [0, 0.05) is 36.0 Å². The van der Waals surface area contributed by atoms with Crippen LogP contribution in [0.25, 0.3) is 34.0 Å². The number of nitrogens with one attached hydrogen (secondary N) is 1. The molecular formula is C27H27N7O. The predicted octanol–water partition coefficient (Wildman–Crippen LogP) is 4.93. The molecule has 4 aromatic rings. The van der Waals surface area contributed by atoms with Crippen LogP contribution in [-0.4, -0.2) is 26.2 Å². The normalized spacial score (nSPS) is 14.0. The Morgan fingerprint density at radius 1 is 1.00 bits per heavy atom. The minimum atomic E-state index is 0.226. The van der Waals surface area contributed by atoms with Crippen molar-refractivity contribution in [2.45, 2.75) is 51.1 Å². The number of nitrogens with zero attached hydrogens (tertiary/aromatic N) is 5. The van der Waals surface area contributed by atoms with E-state index in [1.807, 2.05) is 18.2 Å². The molecule has 3 N–H and O–H groups in total. The van der Waals surface area contributed by atoms with Crippen LogP contribution in [0.15, 0.2) is 59.4 Å². The van der Waals surface area contributed by atoms with Crippen molar-refractivity contribution in [3.05, 3.63) is 66.1 Å². The van der Waals surface area contributed by atoms with Crippen molar-refractivity contribution < 1.29 is 4.52 Å². The van der Waals surface area contributed by atoms with Gasteiger partial charge in [-0.15, -0.1) is 0 Å². The molecule has 8 heteroatoms. The fourth-order valence-electron chi connectivity index (χ4n) is 4.42. The zero-order valence-electron chi connectivity index (χ0n) is 19.4. The van der Waals surface area contributed by atoms with Crippen LogP contribution in [0.4, 0.5) is 5.82 Å². The van der Waals surface area contributed by atoms with Crippen LogP contribution >= 0.6 is 0 Å². The Morgan fingerprint density at radius 2 is 1.83 bits per heavy atom. The molecule has 0 atom stereocenters. The number of benzene rings is 1. The lowest BCUT2D eigenvalue weighted by Crippen LogP contribution is -2.30. The highest BCUT2D eigenvalue weighted by atomic mass is 16.5. The van der Waals surface area contributed by atoms with Crippen molar-refractivity contribution in [3.63, 3.8) is 0 Å². The van der Waals surface area contributed by atoms with Crippen molar-refractivity contribution in [2.75, 3.05) is 5.73 Å². The lowest BCUT2D eigenvalue weighted by molar-refractivity contribution is 0.372. The van der Waals surface area contributed by atoms with Gasteiger partial charge in [0.2, 0.25) is 0 Å². The first-order valence-corrected chi connectivity index (χ1v) is 11.9. The van der Waals surface area contributed by atoms with Crippen LogP contribution in [0, 0.1) is 11.3 Å². The summed E-state index contributed by atoms with van der Waals surface area (Å²) in [5.74, 6) is 0.702. The molecule has 1 aliphatic carbocycles. The molecule has 8 nitrogen and oxygen atoms in total. The van der Waals surface area contributed by atoms with Crippen LogP contribution < -0.4 is 11.1 Å². The molecule has 0 bridgehead atoms. The van der Waals surface area contributed by atoms with E-state index in [-0.39, 0.29) is 12.2 Å². The molecule has 1 aromatic carbocycles. The monoisotopic (exact) mass is 465 g/mol. The van der Waals surface area contributed by atoms with Gasteiger partial charge in [0.25, 0.3) is 0 Å². The Morgan fingerprint density at radius 3 is 2.63 bits per heavy atom. The molecule has 0 amide bonds. The van der Waals surface area contributed by atoms with Crippen molar-refractivity contribution in [1.82, 2.24) is 25.4 Å². The minimum Gasteiger partial charge on any atom is -0.382 e. The van der Waals surface area contributed by atoms with Crippen molar-refractivity contribution in [2.24, 2.45) is 0 Å². The van der Waals surface area contributed by atoms with E-state index in [1.165, 1.54) is 37.7 Å². The second-order valence-corrected chi connectivity index (χ2v) is 8.85. The predicted molar refractivity (Wildman–Crippen MR) is 134 cm³/mol. The molecule has 0 radical (unpaired) electrons. The van der Waals surface area contributed by atoms with Gasteiger partial charge in [-0.1, -0.05) is 48.7 Å². The number of hydrogen-bond donors (Lipinski definition) is 2. The summed E-state index contributed by atoms with van der Waals surface area (Å²) in [6, 6.07) is 16.6. The lowest BCUT2D eigenvalue weighted by Gasteiger charge is -2.22. The van der Waals surface area contributed by atoms with E-state index in [4.69, 9.17) is 15.5 Å². The second kappa shape index (κ2) is 10.5. The average molecular weight is 466 g/mol. The smallest absolute Gasteiger partial charge is 0.189 e. The second-order valence-electron chi connectivity index (χ2n) is 8.85. The summed E-state index contributed by atoms with van der Waals surface area (Å²) >= 11 is 0. The van der Waals surface area contributed by atoms with Crippen LogP contribution in [0.5, 0.6) is 0 Å². The van der Waals surface area contributed by atoms with Gasteiger partial charge in [0.05, 0.1) is 30.1 Å². The topological polar surface area (TPSA) is 127 Å². The molecule has 0 spiro atoms. The maximum absolute atomic E-state index is 8.95. The van der Waals surface area contributed by atoms with E-state index in [0.717, 1.165) is 17.7 Å². The zero-order chi connectivity index (χ0) is 24.0. The molecule has 3 aromatic heterocycles. The van der Waals surface area contributed by atoms with Gasteiger partial charge in [0.1, 0.15) is 5.69 Å². The number of rotatable bonds is 7. The van der Waals surface area contributed by atoms with Gasteiger partial charge in [-0.3, -0.25) is 4.98 Å². The summed E-state index contributed by atoms with van der Waals surface area (Å²) in [6.45, 7) is 0.874. The first-order valence-electron chi connectivity index (χ1n) is 11.9. The molecule has 5 rings (SSSR count). The Balaban J connectivity index is 1.32. The number of aromatic nitrogens is 4. The molecule has 35 heavy (non-hydrogen) atoms. The average Bonchev–Trinajstić information content (AvgIpc) is 3.39. The zero-order valence-corrected chi connectivity index (χ0v) is 19.4. The fraction of sp³-hybridized carbons (Fsp3) is 0.296. The molecule has 0 saturated heterocycles. The molecule has 176 valence electrons. The lowest BCUT2D eigenvalue weighted by atomic mass is 9.95. The summed E-state index contributed by atoms with van der Waals surface area (Å²) in [4.78, 5) is 13.2. The number of nitrogen functional groups attached to an aromatic ring is 1. The van der Waals surface area contributed by atoms with E-state index in [0.29, 0.717) is 34.6 Å². The molecule has 3 heterocycles. The van der Waals surface area contributed by atoms with Gasteiger partial charge in [-0.2, -0.15) is 5.26 Å². The van der Waals surface area contributed by atoms with Gasteiger partial charge in [-0.25, -0.2) is 9.97 Å². The number of pyridine rings is 1.